The van der Waals surface area contributed by atoms with Crippen molar-refractivity contribution in [3.8, 4) is 11.8 Å². The highest BCUT2D eigenvalue weighted by Crippen LogP contribution is 2.13. The summed E-state index contributed by atoms with van der Waals surface area (Å²) in [5.41, 5.74) is 2.00. The van der Waals surface area contributed by atoms with Crippen molar-refractivity contribution in [2.75, 3.05) is 57.7 Å². The molecule has 8 N–H and O–H groups in total. The molecule has 19 heteroatoms. The van der Waals surface area contributed by atoms with Crippen molar-refractivity contribution >= 4 is 58.8 Å². The van der Waals surface area contributed by atoms with Gasteiger partial charge in [-0.2, -0.15) is 0 Å². The average molecular weight is 703 g/mol. The minimum atomic E-state index is -1.27. The maximum Gasteiger partial charge on any atom is 0.322 e. The molecule has 18 nitrogen and oxygen atoms in total. The first-order chi connectivity index (χ1) is 23.1. The lowest BCUT2D eigenvalue weighted by Crippen LogP contribution is -2.41. The summed E-state index contributed by atoms with van der Waals surface area (Å²) in [6.45, 7) is -3.75. The van der Waals surface area contributed by atoms with Crippen LogP contribution in [-0.4, -0.2) is 144 Å². The highest BCUT2D eigenvalue weighted by atomic mass is 32.1. The molecular weight excluding hydrogens is 668 g/mol. The van der Waals surface area contributed by atoms with Gasteiger partial charge in [-0.15, -0.1) is 0 Å². The van der Waals surface area contributed by atoms with Gasteiger partial charge in [-0.1, -0.05) is 11.8 Å². The summed E-state index contributed by atoms with van der Waals surface area (Å²) in [5, 5.41) is 60.5. The molecule has 2 rings (SSSR count). The monoisotopic (exact) mass is 702 g/mol. The molecule has 1 aromatic heterocycles. The number of thiocarbonyl (C=S) groups is 1. The Hall–Kier alpha value is -5.68. The maximum absolute atomic E-state index is 11.6. The molecule has 0 bridgehead atoms. The number of hydrogen-bond donors (Lipinski definition) is 8. The van der Waals surface area contributed by atoms with Crippen LogP contribution in [-0.2, 0) is 41.9 Å². The lowest BCUT2D eigenvalue weighted by atomic mass is 10.1. The van der Waals surface area contributed by atoms with E-state index >= 15 is 0 Å². The van der Waals surface area contributed by atoms with Crippen LogP contribution < -0.4 is 10.6 Å². The van der Waals surface area contributed by atoms with Crippen LogP contribution in [0.1, 0.15) is 22.5 Å². The van der Waals surface area contributed by atoms with Crippen molar-refractivity contribution in [3.05, 3.63) is 58.9 Å². The molecule has 0 unspecified atom stereocenters. The number of nitrogens with zero attached hydrogens (tertiary/aromatic N) is 4. The van der Waals surface area contributed by atoms with Gasteiger partial charge in [0.1, 0.15) is 6.54 Å². The summed E-state index contributed by atoms with van der Waals surface area (Å²) < 4.78 is 0. The number of hydrogen-bond acceptors (Lipinski definition) is 11. The summed E-state index contributed by atoms with van der Waals surface area (Å²) in [5.74, 6) is -1.46. The number of carbonyl (C=O) groups is 6. The average Bonchev–Trinajstić information content (AvgIpc) is 2.97. The number of nitrogens with one attached hydrogen (secondary N) is 2. The molecule has 0 saturated carbocycles. The number of aliphatic carboxylic acids is 6. The van der Waals surface area contributed by atoms with Gasteiger partial charge in [0, 0.05) is 43.0 Å². The zero-order valence-corrected chi connectivity index (χ0v) is 26.7. The zero-order chi connectivity index (χ0) is 36.5. The van der Waals surface area contributed by atoms with Gasteiger partial charge in [-0.3, -0.25) is 48.5 Å². The molecule has 0 saturated heterocycles. The zero-order valence-electron chi connectivity index (χ0n) is 25.9. The van der Waals surface area contributed by atoms with Crippen molar-refractivity contribution < 1.29 is 59.4 Å². The predicted octanol–water partition coefficient (Wildman–Crippen LogP) is -0.819. The van der Waals surface area contributed by atoms with E-state index in [2.05, 4.69) is 27.5 Å². The number of benzene rings is 1. The molecule has 0 aliphatic carbocycles. The first kappa shape index (κ1) is 39.5. The second kappa shape index (κ2) is 19.9. The van der Waals surface area contributed by atoms with E-state index in [-0.39, 0.29) is 49.2 Å². The Kier molecular flexibility index (Phi) is 16.0. The molecule has 0 amide bonds. The van der Waals surface area contributed by atoms with E-state index in [4.69, 9.17) is 27.5 Å². The largest absolute Gasteiger partial charge is 0.480 e. The van der Waals surface area contributed by atoms with Crippen LogP contribution in [0.4, 0.5) is 5.69 Å². The van der Waals surface area contributed by atoms with Gasteiger partial charge in [0.2, 0.25) is 0 Å². The summed E-state index contributed by atoms with van der Waals surface area (Å²) in [6.07, 6.45) is 0. The summed E-state index contributed by atoms with van der Waals surface area (Å²) >= 11 is 5.04. The Morgan fingerprint density at radius 1 is 0.612 bits per heavy atom. The van der Waals surface area contributed by atoms with Gasteiger partial charge in [-0.25, -0.2) is 0 Å². The number of carboxylic acids is 6. The lowest BCUT2D eigenvalue weighted by Gasteiger charge is -2.25. The molecule has 49 heavy (non-hydrogen) atoms. The summed E-state index contributed by atoms with van der Waals surface area (Å²) in [4.78, 5) is 75.6. The fraction of sp³-hybridized carbons (Fsp3) is 0.333. The molecule has 1 heterocycles. The standard InChI is InChI=1S/C30H34N6O12S/c37-24(38)11-31-30(49)33-21-5-3-19(4-6-21)1-2-20-9-22(32-23(10-20)13-36(17-28(45)46)18-29(47)48)12-34(14-25(39)40)7-8-35(15-26(41)42)16-27(43)44/h3-6,9-10H,7-8,11-18H2,(H,37,38)(H,39,40)(H,41,42)(H,43,44)(H,45,46)(H,47,48)(H2,31,33,49). The second-order valence-corrected chi connectivity index (χ2v) is 10.8. The van der Waals surface area contributed by atoms with Crippen molar-refractivity contribution in [1.82, 2.24) is 25.0 Å². The van der Waals surface area contributed by atoms with E-state index < -0.39 is 68.5 Å². The smallest absolute Gasteiger partial charge is 0.322 e. The highest BCUT2D eigenvalue weighted by molar-refractivity contribution is 7.80. The van der Waals surface area contributed by atoms with Crippen LogP contribution in [0, 0.1) is 11.8 Å². The predicted molar refractivity (Wildman–Crippen MR) is 174 cm³/mol. The Labute approximate surface area is 284 Å². The first-order valence-electron chi connectivity index (χ1n) is 14.2. The molecule has 0 spiro atoms. The summed E-state index contributed by atoms with van der Waals surface area (Å²) in [6, 6.07) is 9.71. The van der Waals surface area contributed by atoms with Gasteiger partial charge < -0.3 is 41.3 Å². The van der Waals surface area contributed by atoms with Gasteiger partial charge in [0.05, 0.1) is 44.1 Å². The highest BCUT2D eigenvalue weighted by Gasteiger charge is 2.19. The van der Waals surface area contributed by atoms with Crippen molar-refractivity contribution in [2.24, 2.45) is 0 Å². The van der Waals surface area contributed by atoms with E-state index in [0.717, 1.165) is 9.80 Å². The van der Waals surface area contributed by atoms with Crippen LogP contribution in [0.3, 0.4) is 0 Å². The first-order valence-corrected chi connectivity index (χ1v) is 14.6. The third kappa shape index (κ3) is 17.2. The molecule has 262 valence electrons. The fourth-order valence-corrected chi connectivity index (χ4v) is 4.48. The van der Waals surface area contributed by atoms with Gasteiger partial charge in [0.15, 0.2) is 5.11 Å². The van der Waals surface area contributed by atoms with E-state index in [1.54, 1.807) is 30.3 Å². The molecule has 0 aliphatic heterocycles. The normalized spacial score (nSPS) is 10.7. The topological polar surface area (TPSA) is 270 Å². The van der Waals surface area contributed by atoms with Crippen LogP contribution in [0.25, 0.3) is 0 Å². The molecule has 0 radical (unpaired) electrons. The second-order valence-electron chi connectivity index (χ2n) is 10.4. The van der Waals surface area contributed by atoms with Crippen molar-refractivity contribution in [1.29, 1.82) is 0 Å². The molecule has 0 fully saturated rings. The Balaban J connectivity index is 2.40. The minimum Gasteiger partial charge on any atom is -0.480 e. The molecule has 0 atom stereocenters. The number of carboxylic acid groups (broad SMARTS) is 6. The molecular formula is C30H34N6O12S. The quantitative estimate of drug-likeness (QED) is 0.0618. The lowest BCUT2D eigenvalue weighted by molar-refractivity contribution is -0.144. The number of pyridine rings is 1. The molecule has 0 aliphatic rings. The number of rotatable bonds is 20. The number of aromatic nitrogens is 1. The maximum atomic E-state index is 11.6. The molecule has 2 aromatic rings. The van der Waals surface area contributed by atoms with E-state index in [1.165, 1.54) is 11.0 Å². The fourth-order valence-electron chi connectivity index (χ4n) is 4.29. The number of anilines is 1. The third-order valence-corrected chi connectivity index (χ3v) is 6.37. The van der Waals surface area contributed by atoms with Crippen molar-refractivity contribution in [3.63, 3.8) is 0 Å². The molecule has 1 aromatic carbocycles. The van der Waals surface area contributed by atoms with Crippen molar-refractivity contribution in [2.45, 2.75) is 13.1 Å². The summed E-state index contributed by atoms with van der Waals surface area (Å²) in [7, 11) is 0. The van der Waals surface area contributed by atoms with E-state index in [1.807, 2.05) is 0 Å². The van der Waals surface area contributed by atoms with E-state index in [9.17, 15) is 44.1 Å². The SMILES string of the molecule is O=C(O)CNC(=S)Nc1ccc(C#Cc2cc(CN(CCN(CC(=O)O)CC(=O)O)CC(=O)O)nc(CN(CC(=O)O)CC(=O)O)c2)cc1. The Morgan fingerprint density at radius 3 is 1.53 bits per heavy atom. The van der Waals surface area contributed by atoms with Crippen LogP contribution in [0.2, 0.25) is 0 Å². The van der Waals surface area contributed by atoms with Crippen LogP contribution in [0.15, 0.2) is 36.4 Å². The van der Waals surface area contributed by atoms with Gasteiger partial charge >= 0.3 is 35.8 Å². The van der Waals surface area contributed by atoms with E-state index in [0.29, 0.717) is 16.8 Å². The Morgan fingerprint density at radius 2 is 1.04 bits per heavy atom. The minimum absolute atomic E-state index is 0.0560. The van der Waals surface area contributed by atoms with Gasteiger partial charge in [-0.05, 0) is 48.6 Å². The van der Waals surface area contributed by atoms with Gasteiger partial charge in [0.25, 0.3) is 0 Å². The Bertz CT molecular complexity index is 1580. The third-order valence-electron chi connectivity index (χ3n) is 6.12. The van der Waals surface area contributed by atoms with Crippen LogP contribution >= 0.6 is 12.2 Å². The van der Waals surface area contributed by atoms with Crippen LogP contribution in [0.5, 0.6) is 0 Å².